The maximum absolute atomic E-state index is 12.1. The number of nitrogens with one attached hydrogen (secondary N) is 2. The topological polar surface area (TPSA) is 70.2 Å². The van der Waals surface area contributed by atoms with E-state index in [0.29, 0.717) is 11.4 Å². The molecule has 1 aromatic heterocycles. The van der Waals surface area contributed by atoms with Crippen LogP contribution in [0.1, 0.15) is 32.1 Å². The molecule has 164 valence electrons. The number of aromatic nitrogens is 2. The monoisotopic (exact) mass is 420 g/mol. The molecule has 0 unspecified atom stereocenters. The number of hydrogen-bond donors (Lipinski definition) is 2. The van der Waals surface area contributed by atoms with Crippen LogP contribution in [-0.2, 0) is 4.74 Å². The third-order valence-electron chi connectivity index (χ3n) is 6.14. The molecule has 1 aliphatic heterocycles. The summed E-state index contributed by atoms with van der Waals surface area (Å²) in [7, 11) is 1.80. The highest BCUT2D eigenvalue weighted by atomic mass is 16.5. The van der Waals surface area contributed by atoms with Crippen molar-refractivity contribution in [3.63, 3.8) is 0 Å². The number of nitrogens with zero attached hydrogens (tertiary/aromatic N) is 2. The third-order valence-corrected chi connectivity index (χ3v) is 6.14. The summed E-state index contributed by atoms with van der Waals surface area (Å²) in [5, 5.41) is 12.0. The van der Waals surface area contributed by atoms with Crippen molar-refractivity contribution in [2.75, 3.05) is 38.7 Å². The molecule has 4 rings (SSSR count). The molecule has 31 heavy (non-hydrogen) atoms. The first-order valence-electron chi connectivity index (χ1n) is 11.3. The van der Waals surface area contributed by atoms with E-state index in [1.54, 1.807) is 7.11 Å². The van der Waals surface area contributed by atoms with Gasteiger partial charge >= 0.3 is 0 Å². The predicted molar refractivity (Wildman–Crippen MR) is 127 cm³/mol. The van der Waals surface area contributed by atoms with Gasteiger partial charge in [0.05, 0.1) is 17.7 Å². The number of likely N-dealkylation sites (tertiary alicyclic amines) is 1. The fraction of sp³-hybridized carbons (Fsp3) is 0.440. The summed E-state index contributed by atoms with van der Waals surface area (Å²) < 4.78 is 5.35. The Hall–Kier alpha value is -2.70. The summed E-state index contributed by atoms with van der Waals surface area (Å²) in [6.45, 7) is 4.20. The number of methoxy groups -OCH3 is 1. The molecule has 0 bridgehead atoms. The first-order valence-corrected chi connectivity index (χ1v) is 11.3. The molecule has 1 atom stereocenters. The van der Waals surface area contributed by atoms with Crippen molar-refractivity contribution in [3.05, 3.63) is 58.9 Å². The highest BCUT2D eigenvalue weighted by Gasteiger charge is 2.23. The van der Waals surface area contributed by atoms with Crippen LogP contribution in [0.4, 0.5) is 5.69 Å². The summed E-state index contributed by atoms with van der Waals surface area (Å²) in [6, 6.07) is 16.5. The van der Waals surface area contributed by atoms with Crippen LogP contribution in [-0.4, -0.2) is 54.5 Å². The van der Waals surface area contributed by atoms with E-state index >= 15 is 0 Å². The Kier molecular flexibility index (Phi) is 7.33. The van der Waals surface area contributed by atoms with Gasteiger partial charge in [-0.1, -0.05) is 36.8 Å². The molecule has 6 heteroatoms. The Morgan fingerprint density at radius 2 is 2.00 bits per heavy atom. The lowest BCUT2D eigenvalue weighted by Crippen LogP contribution is -2.33. The molecule has 1 aliphatic rings. The first-order chi connectivity index (χ1) is 15.3. The molecule has 1 fully saturated rings. The summed E-state index contributed by atoms with van der Waals surface area (Å²) in [5.74, 6) is 0. The van der Waals surface area contributed by atoms with Crippen molar-refractivity contribution in [2.24, 2.45) is 0 Å². The fourth-order valence-electron chi connectivity index (χ4n) is 4.53. The van der Waals surface area contributed by atoms with E-state index in [-0.39, 0.29) is 5.56 Å². The van der Waals surface area contributed by atoms with E-state index in [9.17, 15) is 4.79 Å². The van der Waals surface area contributed by atoms with E-state index in [4.69, 9.17) is 4.74 Å². The van der Waals surface area contributed by atoms with Crippen LogP contribution in [0.25, 0.3) is 22.0 Å². The normalized spacial score (nSPS) is 16.7. The molecule has 0 saturated carbocycles. The average Bonchev–Trinajstić information content (AvgIpc) is 3.24. The number of H-pyrrole nitrogens is 1. The van der Waals surface area contributed by atoms with Crippen molar-refractivity contribution in [2.45, 2.75) is 38.1 Å². The number of fused-ring (bicyclic) bond motifs is 1. The smallest absolute Gasteiger partial charge is 0.272 e. The van der Waals surface area contributed by atoms with E-state index < -0.39 is 0 Å². The zero-order valence-corrected chi connectivity index (χ0v) is 18.3. The molecule has 0 aliphatic carbocycles. The van der Waals surface area contributed by atoms with Crippen molar-refractivity contribution in [3.8, 4) is 11.3 Å². The molecule has 1 saturated heterocycles. The van der Waals surface area contributed by atoms with Crippen LogP contribution in [0.5, 0.6) is 0 Å². The van der Waals surface area contributed by atoms with Crippen LogP contribution in [0, 0.1) is 0 Å². The third kappa shape index (κ3) is 5.32. The minimum Gasteiger partial charge on any atom is -0.385 e. The largest absolute Gasteiger partial charge is 0.385 e. The van der Waals surface area contributed by atoms with Gasteiger partial charge in [0.25, 0.3) is 5.56 Å². The number of ether oxygens (including phenoxy) is 1. The van der Waals surface area contributed by atoms with Gasteiger partial charge in [-0.2, -0.15) is 5.10 Å². The van der Waals surface area contributed by atoms with Gasteiger partial charge in [0, 0.05) is 36.3 Å². The maximum Gasteiger partial charge on any atom is 0.272 e. The number of unbranched alkanes of at least 4 members (excludes halogenated alkanes) is 2. The van der Waals surface area contributed by atoms with Gasteiger partial charge in [0.2, 0.25) is 0 Å². The number of hydrogen-bond acceptors (Lipinski definition) is 5. The second-order valence-electron chi connectivity index (χ2n) is 8.30. The molecule has 0 spiro atoms. The highest BCUT2D eigenvalue weighted by Crippen LogP contribution is 2.26. The molecule has 3 aromatic rings. The molecule has 2 aromatic carbocycles. The second kappa shape index (κ2) is 10.6. The number of aromatic amines is 1. The van der Waals surface area contributed by atoms with Gasteiger partial charge in [-0.15, -0.1) is 0 Å². The number of rotatable bonds is 10. The lowest BCUT2D eigenvalue weighted by molar-refractivity contribution is 0.114. The van der Waals surface area contributed by atoms with Crippen LogP contribution in [0.15, 0.2) is 53.3 Å². The first kappa shape index (κ1) is 21.5. The zero-order chi connectivity index (χ0) is 21.5. The summed E-state index contributed by atoms with van der Waals surface area (Å²) in [5.41, 5.74) is 2.72. The SMILES string of the molecule is COC[C@@H]1CCCN1CCCCCNc1cccc(-c2n[nH]c(=O)c3ccccc23)c1. The van der Waals surface area contributed by atoms with Gasteiger partial charge in [-0.05, 0) is 57.0 Å². The van der Waals surface area contributed by atoms with Crippen LogP contribution >= 0.6 is 0 Å². The van der Waals surface area contributed by atoms with Crippen molar-refractivity contribution < 1.29 is 4.74 Å². The number of benzene rings is 2. The lowest BCUT2D eigenvalue weighted by Gasteiger charge is -2.23. The van der Waals surface area contributed by atoms with E-state index in [1.165, 1.54) is 38.8 Å². The average molecular weight is 421 g/mol. The summed E-state index contributed by atoms with van der Waals surface area (Å²) in [6.07, 6.45) is 6.16. The second-order valence-corrected chi connectivity index (χ2v) is 8.30. The Morgan fingerprint density at radius 1 is 1.13 bits per heavy atom. The van der Waals surface area contributed by atoms with Gasteiger partial charge in [0.1, 0.15) is 0 Å². The quantitative estimate of drug-likeness (QED) is 0.479. The summed E-state index contributed by atoms with van der Waals surface area (Å²) in [4.78, 5) is 14.6. The predicted octanol–water partition coefficient (Wildman–Crippen LogP) is 4.28. The Balaban J connectivity index is 1.29. The van der Waals surface area contributed by atoms with Crippen LogP contribution in [0.2, 0.25) is 0 Å². The van der Waals surface area contributed by atoms with E-state index in [0.717, 1.165) is 41.9 Å². The Bertz CT molecular complexity index is 1050. The van der Waals surface area contributed by atoms with E-state index in [2.05, 4.69) is 32.5 Å². The molecular weight excluding hydrogens is 388 g/mol. The van der Waals surface area contributed by atoms with Crippen molar-refractivity contribution in [1.82, 2.24) is 15.1 Å². The van der Waals surface area contributed by atoms with Gasteiger partial charge in [-0.3, -0.25) is 9.69 Å². The minimum atomic E-state index is -0.156. The van der Waals surface area contributed by atoms with Crippen molar-refractivity contribution >= 4 is 16.5 Å². The van der Waals surface area contributed by atoms with Crippen LogP contribution < -0.4 is 10.9 Å². The standard InChI is InChI=1S/C25H32N4O2/c1-31-18-21-11-8-16-29(21)15-6-2-5-14-26-20-10-7-9-19(17-20)24-22-12-3-4-13-23(22)25(30)28-27-24/h3-4,7,9-10,12-13,17,21,26H,2,5-6,8,11,14-16,18H2,1H3,(H,28,30)/t21-/m0/s1. The highest BCUT2D eigenvalue weighted by molar-refractivity contribution is 5.94. The fourth-order valence-corrected chi connectivity index (χ4v) is 4.53. The molecule has 0 radical (unpaired) electrons. The molecule has 6 nitrogen and oxygen atoms in total. The lowest BCUT2D eigenvalue weighted by atomic mass is 10.0. The van der Waals surface area contributed by atoms with Crippen LogP contribution in [0.3, 0.4) is 0 Å². The minimum absolute atomic E-state index is 0.156. The van der Waals surface area contributed by atoms with Gasteiger partial charge in [0.15, 0.2) is 0 Å². The Labute approximate surface area is 183 Å². The molecule has 2 heterocycles. The molecular formula is C25H32N4O2. The van der Waals surface area contributed by atoms with Gasteiger partial charge in [-0.25, -0.2) is 5.10 Å². The maximum atomic E-state index is 12.1. The zero-order valence-electron chi connectivity index (χ0n) is 18.3. The number of anilines is 1. The molecule has 0 amide bonds. The van der Waals surface area contributed by atoms with Gasteiger partial charge < -0.3 is 10.1 Å². The molecule has 2 N–H and O–H groups in total. The summed E-state index contributed by atoms with van der Waals surface area (Å²) >= 11 is 0. The van der Waals surface area contributed by atoms with Crippen molar-refractivity contribution in [1.29, 1.82) is 0 Å². The Morgan fingerprint density at radius 3 is 2.87 bits per heavy atom. The van der Waals surface area contributed by atoms with E-state index in [1.807, 2.05) is 36.4 Å².